The third-order valence-electron chi connectivity index (χ3n) is 3.20. The van der Waals surface area contributed by atoms with Gasteiger partial charge in [0, 0.05) is 17.3 Å². The summed E-state index contributed by atoms with van der Waals surface area (Å²) < 4.78 is 11.2. The Morgan fingerprint density at radius 2 is 1.78 bits per heavy atom. The van der Waals surface area contributed by atoms with Gasteiger partial charge in [0.2, 0.25) is 5.88 Å². The van der Waals surface area contributed by atoms with Crippen molar-refractivity contribution in [3.63, 3.8) is 0 Å². The molecule has 1 aromatic carbocycles. The van der Waals surface area contributed by atoms with E-state index in [1.54, 1.807) is 19.4 Å². The molecular weight excluding hydrogens is 294 g/mol. The molecule has 0 radical (unpaired) electrons. The largest absolute Gasteiger partial charge is 0.496 e. The normalized spacial score (nSPS) is 10.1. The van der Waals surface area contributed by atoms with Crippen LogP contribution in [0.5, 0.6) is 17.4 Å². The van der Waals surface area contributed by atoms with Crippen molar-refractivity contribution in [3.05, 3.63) is 65.8 Å². The van der Waals surface area contributed by atoms with Crippen LogP contribution in [0.15, 0.2) is 66.1 Å². The molecule has 6 nitrogen and oxygen atoms in total. The maximum Gasteiger partial charge on any atom is 0.227 e. The first-order valence-electron chi connectivity index (χ1n) is 6.87. The average Bonchev–Trinajstić information content (AvgIpc) is 2.63. The van der Waals surface area contributed by atoms with E-state index >= 15 is 0 Å². The van der Waals surface area contributed by atoms with Crippen LogP contribution in [-0.2, 0) is 0 Å². The molecule has 0 bridgehead atoms. The van der Waals surface area contributed by atoms with Crippen LogP contribution in [0.4, 0.5) is 5.82 Å². The van der Waals surface area contributed by atoms with Crippen LogP contribution in [0, 0.1) is 4.91 Å². The zero-order valence-corrected chi connectivity index (χ0v) is 12.3. The predicted molar refractivity (Wildman–Crippen MR) is 86.0 cm³/mol. The Morgan fingerprint density at radius 3 is 2.52 bits per heavy atom. The van der Waals surface area contributed by atoms with Gasteiger partial charge in [-0.1, -0.05) is 18.2 Å². The number of nitroso groups, excluding NO2 is 1. The number of pyridine rings is 2. The van der Waals surface area contributed by atoms with E-state index in [9.17, 15) is 4.91 Å². The number of nitrogens with zero attached hydrogens (tertiary/aromatic N) is 3. The maximum atomic E-state index is 10.4. The Balaban J connectivity index is 1.98. The number of hydrogen-bond acceptors (Lipinski definition) is 6. The molecule has 2 aromatic heterocycles. The van der Waals surface area contributed by atoms with Gasteiger partial charge in [0.1, 0.15) is 11.5 Å². The molecule has 0 unspecified atom stereocenters. The fourth-order valence-corrected chi connectivity index (χ4v) is 2.14. The predicted octanol–water partition coefficient (Wildman–Crippen LogP) is 4.34. The second-order valence-electron chi connectivity index (χ2n) is 4.60. The van der Waals surface area contributed by atoms with E-state index in [1.807, 2.05) is 36.4 Å². The van der Waals surface area contributed by atoms with Crippen molar-refractivity contribution in [3.8, 4) is 28.5 Å². The minimum absolute atomic E-state index is 0.100. The SMILES string of the molecule is COc1ccccc1-c1cccnc1Oc1ccc(N=O)nc1. The summed E-state index contributed by atoms with van der Waals surface area (Å²) in [6.45, 7) is 0. The van der Waals surface area contributed by atoms with Crippen molar-refractivity contribution in [1.82, 2.24) is 9.97 Å². The molecule has 0 aliphatic carbocycles. The molecule has 0 aliphatic heterocycles. The van der Waals surface area contributed by atoms with Gasteiger partial charge >= 0.3 is 0 Å². The second-order valence-corrected chi connectivity index (χ2v) is 4.60. The number of aromatic nitrogens is 2. The van der Waals surface area contributed by atoms with Gasteiger partial charge < -0.3 is 9.47 Å². The Bertz CT molecular complexity index is 819. The monoisotopic (exact) mass is 307 g/mol. The van der Waals surface area contributed by atoms with Crippen LogP contribution in [0.3, 0.4) is 0 Å². The molecule has 0 saturated heterocycles. The highest BCUT2D eigenvalue weighted by atomic mass is 16.5. The first-order valence-corrected chi connectivity index (χ1v) is 6.87. The maximum absolute atomic E-state index is 10.4. The van der Waals surface area contributed by atoms with E-state index in [1.165, 1.54) is 12.3 Å². The molecule has 6 heteroatoms. The second kappa shape index (κ2) is 6.65. The molecule has 0 saturated carbocycles. The molecule has 0 amide bonds. The highest BCUT2D eigenvalue weighted by Gasteiger charge is 2.12. The number of methoxy groups -OCH3 is 1. The van der Waals surface area contributed by atoms with Gasteiger partial charge in [-0.05, 0) is 35.5 Å². The molecule has 114 valence electrons. The number of hydrogen-bond donors (Lipinski definition) is 0. The number of para-hydroxylation sites is 1. The third-order valence-corrected chi connectivity index (χ3v) is 3.20. The van der Waals surface area contributed by atoms with E-state index in [4.69, 9.17) is 9.47 Å². The highest BCUT2D eigenvalue weighted by molar-refractivity contribution is 5.74. The first kappa shape index (κ1) is 14.6. The minimum atomic E-state index is 0.100. The molecule has 0 N–H and O–H groups in total. The molecule has 23 heavy (non-hydrogen) atoms. The summed E-state index contributed by atoms with van der Waals surface area (Å²) in [6, 6.07) is 14.4. The lowest BCUT2D eigenvalue weighted by Crippen LogP contribution is -1.94. The number of rotatable bonds is 5. The summed E-state index contributed by atoms with van der Waals surface area (Å²) in [5.74, 6) is 1.71. The van der Waals surface area contributed by atoms with Crippen LogP contribution < -0.4 is 9.47 Å². The number of benzene rings is 1. The summed E-state index contributed by atoms with van der Waals surface area (Å²) in [5.41, 5.74) is 1.67. The standard InChI is InChI=1S/C17H13N3O3/c1-22-15-7-3-2-5-13(15)14-6-4-10-18-17(14)23-12-8-9-16(20-21)19-11-12/h2-11H,1H3. The van der Waals surface area contributed by atoms with Crippen molar-refractivity contribution >= 4 is 5.82 Å². The summed E-state index contributed by atoms with van der Waals surface area (Å²) in [5, 5.41) is 2.76. The van der Waals surface area contributed by atoms with Gasteiger partial charge in [0.25, 0.3) is 0 Å². The minimum Gasteiger partial charge on any atom is -0.496 e. The van der Waals surface area contributed by atoms with Gasteiger partial charge in [0.05, 0.1) is 13.3 Å². The lowest BCUT2D eigenvalue weighted by atomic mass is 10.1. The highest BCUT2D eigenvalue weighted by Crippen LogP contribution is 2.36. The van der Waals surface area contributed by atoms with Gasteiger partial charge in [-0.25, -0.2) is 9.97 Å². The molecule has 0 aliphatic rings. The lowest BCUT2D eigenvalue weighted by Gasteiger charge is -2.12. The Hall–Kier alpha value is -3.28. The molecule has 3 aromatic rings. The van der Waals surface area contributed by atoms with Crippen LogP contribution in [0.25, 0.3) is 11.1 Å². The number of ether oxygens (including phenoxy) is 2. The Labute approximate surface area is 132 Å². The van der Waals surface area contributed by atoms with Gasteiger partial charge in [-0.2, -0.15) is 0 Å². The lowest BCUT2D eigenvalue weighted by molar-refractivity contribution is 0.415. The summed E-state index contributed by atoms with van der Waals surface area (Å²) in [6.07, 6.45) is 3.07. The molecule has 2 heterocycles. The third kappa shape index (κ3) is 3.16. The first-order chi connectivity index (χ1) is 11.3. The molecule has 0 atom stereocenters. The quantitative estimate of drug-likeness (QED) is 0.655. The van der Waals surface area contributed by atoms with Crippen LogP contribution in [0.2, 0.25) is 0 Å². The summed E-state index contributed by atoms with van der Waals surface area (Å²) in [7, 11) is 1.62. The van der Waals surface area contributed by atoms with E-state index in [-0.39, 0.29) is 5.82 Å². The zero-order valence-electron chi connectivity index (χ0n) is 12.3. The van der Waals surface area contributed by atoms with E-state index in [2.05, 4.69) is 15.1 Å². The molecule has 3 rings (SSSR count). The van der Waals surface area contributed by atoms with Crippen molar-refractivity contribution in [1.29, 1.82) is 0 Å². The van der Waals surface area contributed by atoms with Crippen LogP contribution in [0.1, 0.15) is 0 Å². The fourth-order valence-electron chi connectivity index (χ4n) is 2.14. The summed E-state index contributed by atoms with van der Waals surface area (Å²) in [4.78, 5) is 18.6. The molecule has 0 fully saturated rings. The van der Waals surface area contributed by atoms with E-state index < -0.39 is 0 Å². The van der Waals surface area contributed by atoms with E-state index in [0.29, 0.717) is 11.6 Å². The smallest absolute Gasteiger partial charge is 0.227 e. The van der Waals surface area contributed by atoms with Crippen LogP contribution in [-0.4, -0.2) is 17.1 Å². The summed E-state index contributed by atoms with van der Waals surface area (Å²) >= 11 is 0. The fraction of sp³-hybridized carbons (Fsp3) is 0.0588. The topological polar surface area (TPSA) is 73.7 Å². The van der Waals surface area contributed by atoms with Gasteiger partial charge in [0.15, 0.2) is 5.82 Å². The van der Waals surface area contributed by atoms with Crippen LogP contribution >= 0.6 is 0 Å². The van der Waals surface area contributed by atoms with Crippen molar-refractivity contribution < 1.29 is 9.47 Å². The zero-order chi connectivity index (χ0) is 16.1. The van der Waals surface area contributed by atoms with Crippen molar-refractivity contribution in [2.45, 2.75) is 0 Å². The van der Waals surface area contributed by atoms with Gasteiger partial charge in [-0.15, -0.1) is 4.91 Å². The Kier molecular flexibility index (Phi) is 4.24. The average molecular weight is 307 g/mol. The van der Waals surface area contributed by atoms with E-state index in [0.717, 1.165) is 16.9 Å². The van der Waals surface area contributed by atoms with Crippen molar-refractivity contribution in [2.75, 3.05) is 7.11 Å². The molecular formula is C17H13N3O3. The van der Waals surface area contributed by atoms with Crippen molar-refractivity contribution in [2.24, 2.45) is 5.18 Å². The molecule has 0 spiro atoms. The Morgan fingerprint density at radius 1 is 0.957 bits per heavy atom. The van der Waals surface area contributed by atoms with Gasteiger partial charge in [-0.3, -0.25) is 0 Å².